The molecule has 0 radical (unpaired) electrons. The molecule has 27 heavy (non-hydrogen) atoms. The molecule has 0 spiro atoms. The lowest BCUT2D eigenvalue weighted by Gasteiger charge is -2.19. The SMILES string of the molecule is CNC(=O)NC(=O)C(c1ccccc1)n1cnc2c1c(=O)n(C)c(=O)n2C. The second-order valence-electron chi connectivity index (χ2n) is 5.91. The molecule has 2 aromatic heterocycles. The molecule has 1 unspecified atom stereocenters. The number of aromatic nitrogens is 4. The number of amides is 3. The summed E-state index contributed by atoms with van der Waals surface area (Å²) in [6, 6.07) is 6.96. The molecule has 10 heteroatoms. The number of imidazole rings is 1. The van der Waals surface area contributed by atoms with Crippen molar-refractivity contribution < 1.29 is 9.59 Å². The Morgan fingerprint density at radius 2 is 1.74 bits per heavy atom. The number of carbonyl (C=O) groups excluding carboxylic acids is 2. The van der Waals surface area contributed by atoms with E-state index in [4.69, 9.17) is 0 Å². The Morgan fingerprint density at radius 3 is 2.37 bits per heavy atom. The summed E-state index contributed by atoms with van der Waals surface area (Å²) in [5.41, 5.74) is -0.325. The van der Waals surface area contributed by atoms with Crippen molar-refractivity contribution in [3.8, 4) is 0 Å². The lowest BCUT2D eigenvalue weighted by Crippen LogP contribution is -2.43. The Kier molecular flexibility index (Phi) is 4.63. The average molecular weight is 370 g/mol. The van der Waals surface area contributed by atoms with Gasteiger partial charge < -0.3 is 9.88 Å². The summed E-state index contributed by atoms with van der Waals surface area (Å²) in [4.78, 5) is 53.4. The molecule has 2 N–H and O–H groups in total. The van der Waals surface area contributed by atoms with Crippen molar-refractivity contribution in [3.63, 3.8) is 0 Å². The smallest absolute Gasteiger partial charge is 0.332 e. The quantitative estimate of drug-likeness (QED) is 0.643. The second-order valence-corrected chi connectivity index (χ2v) is 5.91. The number of fused-ring (bicyclic) bond motifs is 1. The summed E-state index contributed by atoms with van der Waals surface area (Å²) < 4.78 is 3.54. The summed E-state index contributed by atoms with van der Waals surface area (Å²) in [5, 5.41) is 4.54. The van der Waals surface area contributed by atoms with Crippen molar-refractivity contribution in [2.24, 2.45) is 14.1 Å². The van der Waals surface area contributed by atoms with Crippen LogP contribution in [0, 0.1) is 0 Å². The molecule has 3 amide bonds. The van der Waals surface area contributed by atoms with Crippen LogP contribution in [0.5, 0.6) is 0 Å². The maximum absolute atomic E-state index is 12.8. The molecule has 0 bridgehead atoms. The molecule has 140 valence electrons. The van der Waals surface area contributed by atoms with Crippen molar-refractivity contribution >= 4 is 23.1 Å². The lowest BCUT2D eigenvalue weighted by atomic mass is 10.1. The van der Waals surface area contributed by atoms with Gasteiger partial charge in [0, 0.05) is 21.1 Å². The highest BCUT2D eigenvalue weighted by atomic mass is 16.2. The lowest BCUT2D eigenvalue weighted by molar-refractivity contribution is -0.122. The van der Waals surface area contributed by atoms with Crippen LogP contribution in [-0.4, -0.2) is 37.7 Å². The first kappa shape index (κ1) is 18.1. The van der Waals surface area contributed by atoms with E-state index in [1.807, 2.05) is 0 Å². The minimum absolute atomic E-state index is 0.0838. The van der Waals surface area contributed by atoms with Crippen LogP contribution in [-0.2, 0) is 18.9 Å². The highest BCUT2D eigenvalue weighted by molar-refractivity contribution is 5.98. The van der Waals surface area contributed by atoms with E-state index in [0.717, 1.165) is 4.57 Å². The fraction of sp³-hybridized carbons (Fsp3) is 0.235. The van der Waals surface area contributed by atoms with E-state index in [2.05, 4.69) is 15.6 Å². The third-order valence-corrected chi connectivity index (χ3v) is 4.28. The van der Waals surface area contributed by atoms with Crippen LogP contribution in [0.3, 0.4) is 0 Å². The number of carbonyl (C=O) groups is 2. The highest BCUT2D eigenvalue weighted by Gasteiger charge is 2.27. The Hall–Kier alpha value is -3.69. The third kappa shape index (κ3) is 3.01. The van der Waals surface area contributed by atoms with Crippen molar-refractivity contribution in [3.05, 3.63) is 63.1 Å². The normalized spacial score (nSPS) is 12.0. The van der Waals surface area contributed by atoms with Crippen LogP contribution >= 0.6 is 0 Å². The maximum atomic E-state index is 12.8. The summed E-state index contributed by atoms with van der Waals surface area (Å²) in [6.45, 7) is 0. The van der Waals surface area contributed by atoms with Gasteiger partial charge in [-0.1, -0.05) is 30.3 Å². The number of imide groups is 1. The fourth-order valence-electron chi connectivity index (χ4n) is 2.88. The average Bonchev–Trinajstić information content (AvgIpc) is 3.10. The number of rotatable bonds is 3. The summed E-state index contributed by atoms with van der Waals surface area (Å²) in [6.07, 6.45) is 1.31. The molecule has 0 fully saturated rings. The predicted octanol–water partition coefficient (Wildman–Crippen LogP) is -0.521. The van der Waals surface area contributed by atoms with Gasteiger partial charge in [-0.25, -0.2) is 14.6 Å². The second kappa shape index (κ2) is 6.90. The summed E-state index contributed by atoms with van der Waals surface area (Å²) in [5.74, 6) is -0.643. The van der Waals surface area contributed by atoms with Gasteiger partial charge in [0.25, 0.3) is 11.5 Å². The van der Waals surface area contributed by atoms with Crippen LogP contribution < -0.4 is 21.9 Å². The van der Waals surface area contributed by atoms with E-state index in [-0.39, 0.29) is 11.2 Å². The molecule has 3 rings (SSSR count). The number of benzene rings is 1. The van der Waals surface area contributed by atoms with Gasteiger partial charge in [-0.15, -0.1) is 0 Å². The summed E-state index contributed by atoms with van der Waals surface area (Å²) in [7, 11) is 4.23. The molecule has 1 aromatic carbocycles. The van der Waals surface area contributed by atoms with Gasteiger partial charge in [-0.3, -0.25) is 24.0 Å². The number of nitrogens with one attached hydrogen (secondary N) is 2. The molecular weight excluding hydrogens is 352 g/mol. The molecule has 0 saturated carbocycles. The largest absolute Gasteiger partial charge is 0.341 e. The van der Waals surface area contributed by atoms with Crippen molar-refractivity contribution in [2.75, 3.05) is 7.05 Å². The molecule has 0 aliphatic carbocycles. The fourth-order valence-corrected chi connectivity index (χ4v) is 2.88. The Morgan fingerprint density at radius 1 is 1.07 bits per heavy atom. The van der Waals surface area contributed by atoms with Gasteiger partial charge in [-0.05, 0) is 5.56 Å². The van der Waals surface area contributed by atoms with E-state index in [0.29, 0.717) is 5.56 Å². The van der Waals surface area contributed by atoms with Gasteiger partial charge in [0.2, 0.25) is 0 Å². The monoisotopic (exact) mass is 370 g/mol. The molecule has 0 aliphatic heterocycles. The first-order valence-corrected chi connectivity index (χ1v) is 8.07. The van der Waals surface area contributed by atoms with Crippen molar-refractivity contribution in [1.82, 2.24) is 29.3 Å². The zero-order chi connectivity index (χ0) is 19.7. The zero-order valence-electron chi connectivity index (χ0n) is 15.0. The Labute approximate surface area is 153 Å². The number of urea groups is 1. The number of aryl methyl sites for hydroxylation is 1. The van der Waals surface area contributed by atoms with E-state index >= 15 is 0 Å². The predicted molar refractivity (Wildman–Crippen MR) is 97.4 cm³/mol. The van der Waals surface area contributed by atoms with Crippen molar-refractivity contribution in [2.45, 2.75) is 6.04 Å². The minimum atomic E-state index is -1.03. The van der Waals surface area contributed by atoms with Crippen LogP contribution in [0.15, 0.2) is 46.2 Å². The maximum Gasteiger partial charge on any atom is 0.332 e. The number of hydrogen-bond acceptors (Lipinski definition) is 5. The zero-order valence-corrected chi connectivity index (χ0v) is 15.0. The van der Waals surface area contributed by atoms with Crippen LogP contribution in [0.4, 0.5) is 4.79 Å². The topological polar surface area (TPSA) is 120 Å². The molecule has 2 heterocycles. The molecule has 1 atom stereocenters. The molecule has 0 aliphatic rings. The standard InChI is InChI=1S/C17H18N6O4/c1-18-16(26)20-14(24)11(10-7-5-4-6-8-10)23-9-19-13-12(23)15(25)22(3)17(27)21(13)2/h4-9,11H,1-3H3,(H2,18,20,24,26). The van der Waals surface area contributed by atoms with E-state index in [1.165, 1.54) is 36.6 Å². The molecule has 0 saturated heterocycles. The molecule has 3 aromatic rings. The van der Waals surface area contributed by atoms with E-state index in [1.54, 1.807) is 30.3 Å². The van der Waals surface area contributed by atoms with Gasteiger partial charge in [0.1, 0.15) is 6.04 Å². The van der Waals surface area contributed by atoms with Gasteiger partial charge >= 0.3 is 11.7 Å². The third-order valence-electron chi connectivity index (χ3n) is 4.28. The minimum Gasteiger partial charge on any atom is -0.341 e. The van der Waals surface area contributed by atoms with Crippen LogP contribution in [0.2, 0.25) is 0 Å². The Bertz CT molecular complexity index is 1140. The Balaban J connectivity index is 2.28. The van der Waals surface area contributed by atoms with Gasteiger partial charge in [0.15, 0.2) is 11.2 Å². The highest BCUT2D eigenvalue weighted by Crippen LogP contribution is 2.22. The first-order valence-electron chi connectivity index (χ1n) is 8.07. The number of nitrogens with zero attached hydrogens (tertiary/aromatic N) is 4. The molecule has 10 nitrogen and oxygen atoms in total. The summed E-state index contributed by atoms with van der Waals surface area (Å²) >= 11 is 0. The van der Waals surface area contributed by atoms with E-state index in [9.17, 15) is 19.2 Å². The van der Waals surface area contributed by atoms with Gasteiger partial charge in [0.05, 0.1) is 6.33 Å². The van der Waals surface area contributed by atoms with E-state index < -0.39 is 29.2 Å². The first-order chi connectivity index (χ1) is 12.9. The van der Waals surface area contributed by atoms with Gasteiger partial charge in [-0.2, -0.15) is 0 Å². The van der Waals surface area contributed by atoms with Crippen LogP contribution in [0.25, 0.3) is 11.2 Å². The van der Waals surface area contributed by atoms with Crippen molar-refractivity contribution in [1.29, 1.82) is 0 Å². The number of hydrogen-bond donors (Lipinski definition) is 2. The van der Waals surface area contributed by atoms with Crippen LogP contribution in [0.1, 0.15) is 11.6 Å². The molecular formula is C17H18N6O4.